The molecule has 0 fully saturated rings. The number of hydrogen-bond acceptors (Lipinski definition) is 2. The molecule has 0 aliphatic rings. The fourth-order valence-corrected chi connectivity index (χ4v) is 2.61. The maximum atomic E-state index is 6.23. The van der Waals surface area contributed by atoms with Gasteiger partial charge >= 0.3 is 0 Å². The Morgan fingerprint density at radius 2 is 1.84 bits per heavy atom. The highest BCUT2D eigenvalue weighted by Gasteiger charge is 2.12. The van der Waals surface area contributed by atoms with Crippen molar-refractivity contribution in [1.82, 2.24) is 9.78 Å². The smallest absolute Gasteiger partial charge is 0.0624 e. The maximum absolute atomic E-state index is 6.23. The maximum Gasteiger partial charge on any atom is 0.0624 e. The monoisotopic (exact) mass is 297 g/mol. The lowest BCUT2D eigenvalue weighted by Gasteiger charge is -2.13. The van der Waals surface area contributed by atoms with Crippen LogP contribution in [0.15, 0.2) is 24.3 Å². The van der Waals surface area contributed by atoms with Crippen LogP contribution in [0.2, 0.25) is 10.0 Å². The summed E-state index contributed by atoms with van der Waals surface area (Å²) in [6.07, 6.45) is 1.63. The molecule has 0 radical (unpaired) electrons. The van der Waals surface area contributed by atoms with Crippen molar-refractivity contribution in [2.45, 2.75) is 25.8 Å². The SMILES string of the molecule is CCc1cc(CC(N)c2cc(Cl)cc(Cl)c2)n(C)n1. The van der Waals surface area contributed by atoms with Crippen LogP contribution >= 0.6 is 23.2 Å². The van der Waals surface area contributed by atoms with E-state index in [0.717, 1.165) is 23.4 Å². The van der Waals surface area contributed by atoms with Crippen molar-refractivity contribution < 1.29 is 0 Å². The summed E-state index contributed by atoms with van der Waals surface area (Å²) in [5, 5.41) is 5.64. The van der Waals surface area contributed by atoms with Crippen molar-refractivity contribution in [3.8, 4) is 0 Å². The molecule has 3 nitrogen and oxygen atoms in total. The highest BCUT2D eigenvalue weighted by Crippen LogP contribution is 2.24. The van der Waals surface area contributed by atoms with E-state index in [2.05, 4.69) is 18.1 Å². The molecule has 1 aromatic heterocycles. The van der Waals surface area contributed by atoms with Crippen molar-refractivity contribution in [2.24, 2.45) is 12.8 Å². The number of halogens is 2. The first-order chi connectivity index (χ1) is 8.99. The van der Waals surface area contributed by atoms with Crippen molar-refractivity contribution in [1.29, 1.82) is 0 Å². The van der Waals surface area contributed by atoms with Crippen LogP contribution in [0.1, 0.15) is 29.9 Å². The molecular formula is C14H17Cl2N3. The van der Waals surface area contributed by atoms with E-state index in [1.54, 1.807) is 6.07 Å². The van der Waals surface area contributed by atoms with E-state index in [0.29, 0.717) is 16.5 Å². The van der Waals surface area contributed by atoms with Crippen LogP contribution in [0.4, 0.5) is 0 Å². The zero-order chi connectivity index (χ0) is 14.0. The number of hydrogen-bond donors (Lipinski definition) is 1. The van der Waals surface area contributed by atoms with Crippen LogP contribution in [0.25, 0.3) is 0 Å². The van der Waals surface area contributed by atoms with E-state index in [4.69, 9.17) is 28.9 Å². The summed E-state index contributed by atoms with van der Waals surface area (Å²) >= 11 is 12.0. The van der Waals surface area contributed by atoms with Gasteiger partial charge in [0.15, 0.2) is 0 Å². The topological polar surface area (TPSA) is 43.8 Å². The molecule has 5 heteroatoms. The summed E-state index contributed by atoms with van der Waals surface area (Å²) in [5.41, 5.74) is 9.36. The summed E-state index contributed by atoms with van der Waals surface area (Å²) in [6, 6.07) is 7.37. The van der Waals surface area contributed by atoms with E-state index in [1.807, 2.05) is 23.9 Å². The standard InChI is InChI=1S/C14H17Cl2N3/c1-3-12-7-13(19(2)18-12)8-14(17)9-4-10(15)6-11(16)5-9/h4-7,14H,3,8,17H2,1-2H3. The van der Waals surface area contributed by atoms with E-state index >= 15 is 0 Å². The van der Waals surface area contributed by atoms with Gasteiger partial charge in [-0.2, -0.15) is 5.10 Å². The molecule has 0 aliphatic carbocycles. The van der Waals surface area contributed by atoms with Gasteiger partial charge in [-0.15, -0.1) is 0 Å². The van der Waals surface area contributed by atoms with Crippen LogP contribution in [-0.4, -0.2) is 9.78 Å². The third-order valence-corrected chi connectivity index (χ3v) is 3.57. The lowest BCUT2D eigenvalue weighted by atomic mass is 10.0. The molecule has 1 heterocycles. The van der Waals surface area contributed by atoms with E-state index in [-0.39, 0.29) is 6.04 Å². The van der Waals surface area contributed by atoms with Crippen molar-refractivity contribution in [3.05, 3.63) is 51.3 Å². The van der Waals surface area contributed by atoms with Gasteiger partial charge in [-0.3, -0.25) is 4.68 Å². The molecule has 19 heavy (non-hydrogen) atoms. The molecular weight excluding hydrogens is 281 g/mol. The number of rotatable bonds is 4. The lowest BCUT2D eigenvalue weighted by molar-refractivity contribution is 0.638. The number of benzene rings is 1. The van der Waals surface area contributed by atoms with Gasteiger partial charge in [-0.1, -0.05) is 30.1 Å². The highest BCUT2D eigenvalue weighted by atomic mass is 35.5. The first-order valence-corrected chi connectivity index (χ1v) is 6.98. The number of aryl methyl sites for hydroxylation is 2. The quantitative estimate of drug-likeness (QED) is 0.938. The highest BCUT2D eigenvalue weighted by molar-refractivity contribution is 6.34. The molecule has 0 saturated carbocycles. The molecule has 0 spiro atoms. The lowest BCUT2D eigenvalue weighted by Crippen LogP contribution is -2.15. The minimum atomic E-state index is -0.142. The first kappa shape index (κ1) is 14.4. The Labute approximate surface area is 123 Å². The van der Waals surface area contributed by atoms with Gasteiger partial charge in [0, 0.05) is 35.2 Å². The summed E-state index contributed by atoms with van der Waals surface area (Å²) in [6.45, 7) is 2.09. The van der Waals surface area contributed by atoms with Gasteiger partial charge in [0.2, 0.25) is 0 Å². The minimum Gasteiger partial charge on any atom is -0.324 e. The van der Waals surface area contributed by atoms with Crippen LogP contribution in [-0.2, 0) is 19.9 Å². The predicted molar refractivity (Wildman–Crippen MR) is 79.7 cm³/mol. The largest absolute Gasteiger partial charge is 0.324 e. The summed E-state index contributed by atoms with van der Waals surface area (Å²) in [4.78, 5) is 0. The average molecular weight is 298 g/mol. The van der Waals surface area contributed by atoms with Gasteiger partial charge in [0.25, 0.3) is 0 Å². The predicted octanol–water partition coefficient (Wildman–Crippen LogP) is 3.53. The van der Waals surface area contributed by atoms with Crippen molar-refractivity contribution in [2.75, 3.05) is 0 Å². The van der Waals surface area contributed by atoms with Gasteiger partial charge in [-0.25, -0.2) is 0 Å². The summed E-state index contributed by atoms with van der Waals surface area (Å²) in [5.74, 6) is 0. The Hall–Kier alpha value is -1.03. The molecule has 0 amide bonds. The van der Waals surface area contributed by atoms with Crippen molar-refractivity contribution >= 4 is 23.2 Å². The Bertz CT molecular complexity index is 558. The summed E-state index contributed by atoms with van der Waals surface area (Å²) < 4.78 is 1.88. The van der Waals surface area contributed by atoms with E-state index in [9.17, 15) is 0 Å². The van der Waals surface area contributed by atoms with Gasteiger partial charge < -0.3 is 5.73 Å². The second-order valence-electron chi connectivity index (χ2n) is 4.62. The number of nitrogens with two attached hydrogens (primary N) is 1. The second-order valence-corrected chi connectivity index (χ2v) is 5.49. The molecule has 0 bridgehead atoms. The van der Waals surface area contributed by atoms with Gasteiger partial charge in [0.05, 0.1) is 5.69 Å². The van der Waals surface area contributed by atoms with Crippen LogP contribution in [0.5, 0.6) is 0 Å². The number of aromatic nitrogens is 2. The fraction of sp³-hybridized carbons (Fsp3) is 0.357. The second kappa shape index (κ2) is 5.95. The third-order valence-electron chi connectivity index (χ3n) is 3.13. The number of nitrogens with zero attached hydrogens (tertiary/aromatic N) is 2. The Kier molecular flexibility index (Phi) is 4.50. The molecule has 0 aliphatic heterocycles. The first-order valence-electron chi connectivity index (χ1n) is 6.23. The van der Waals surface area contributed by atoms with Crippen LogP contribution < -0.4 is 5.73 Å². The molecule has 0 saturated heterocycles. The zero-order valence-corrected chi connectivity index (χ0v) is 12.5. The van der Waals surface area contributed by atoms with Crippen molar-refractivity contribution in [3.63, 3.8) is 0 Å². The third kappa shape index (κ3) is 3.50. The van der Waals surface area contributed by atoms with E-state index < -0.39 is 0 Å². The Balaban J connectivity index is 2.20. The molecule has 1 atom stereocenters. The van der Waals surface area contributed by atoms with Crippen LogP contribution in [0.3, 0.4) is 0 Å². The molecule has 2 rings (SSSR count). The molecule has 1 aromatic carbocycles. The van der Waals surface area contributed by atoms with Gasteiger partial charge in [-0.05, 0) is 36.2 Å². The Morgan fingerprint density at radius 1 is 1.21 bits per heavy atom. The fourth-order valence-electron chi connectivity index (χ4n) is 2.07. The normalized spacial score (nSPS) is 12.7. The van der Waals surface area contributed by atoms with Gasteiger partial charge in [0.1, 0.15) is 0 Å². The average Bonchev–Trinajstić information content (AvgIpc) is 2.69. The zero-order valence-electron chi connectivity index (χ0n) is 11.0. The molecule has 1 unspecified atom stereocenters. The molecule has 2 N–H and O–H groups in total. The van der Waals surface area contributed by atoms with Crippen LogP contribution in [0, 0.1) is 0 Å². The summed E-state index contributed by atoms with van der Waals surface area (Å²) in [7, 11) is 1.94. The molecule has 2 aromatic rings. The Morgan fingerprint density at radius 3 is 2.37 bits per heavy atom. The van der Waals surface area contributed by atoms with E-state index in [1.165, 1.54) is 0 Å². The minimum absolute atomic E-state index is 0.142. The molecule has 102 valence electrons.